The maximum Gasteiger partial charge on any atom is 0.178 e. The van der Waals surface area contributed by atoms with Gasteiger partial charge in [0.2, 0.25) is 0 Å². The Morgan fingerprint density at radius 2 is 0.661 bits per heavy atom. The van der Waals surface area contributed by atoms with E-state index in [0.29, 0.717) is 0 Å². The molecule has 0 radical (unpaired) electrons. The maximum atomic E-state index is 11.6. The molecule has 0 aromatic heterocycles. The third-order valence-corrected chi connectivity index (χ3v) is 14.9. The third-order valence-electron chi connectivity index (χ3n) is 9.35. The van der Waals surface area contributed by atoms with Crippen LogP contribution in [0.2, 0.25) is 0 Å². The van der Waals surface area contributed by atoms with Crippen molar-refractivity contribution < 1.29 is 25.2 Å². The minimum Gasteiger partial charge on any atom is -0.364 e. The minimum atomic E-state index is -0.876. The van der Waals surface area contributed by atoms with Gasteiger partial charge in [-0.15, -0.1) is 0 Å². The van der Waals surface area contributed by atoms with Crippen LogP contribution in [0.5, 0.6) is 0 Å². The summed E-state index contributed by atoms with van der Waals surface area (Å²) in [5.41, 5.74) is 3.38. The van der Waals surface area contributed by atoms with Gasteiger partial charge in [0.05, 0.1) is 62.5 Å². The molecule has 0 spiro atoms. The molecule has 0 saturated heterocycles. The van der Waals surface area contributed by atoms with Crippen LogP contribution in [0.15, 0.2) is 224 Å². The Hall–Kier alpha value is -4.99. The molecule has 0 heterocycles. The van der Waals surface area contributed by atoms with Crippen LogP contribution in [-0.2, 0) is 25.2 Å². The summed E-state index contributed by atoms with van der Waals surface area (Å²) in [5.74, 6) is -0.0114. The molecule has 0 atom stereocenters. The molecule has 0 unspecified atom stereocenters. The molecule has 7 rings (SSSR count). The van der Waals surface area contributed by atoms with E-state index in [-0.39, 0.29) is 26.2 Å². The second-order valence-corrected chi connectivity index (χ2v) is 18.4. The normalized spacial score (nSPS) is 10.9. The number of hydrogen-bond donors (Lipinski definition) is 0. The van der Waals surface area contributed by atoms with Crippen LogP contribution >= 0.6 is 15.8 Å². The van der Waals surface area contributed by atoms with Crippen LogP contribution in [0.3, 0.4) is 0 Å². The van der Waals surface area contributed by atoms with Gasteiger partial charge in [0.1, 0.15) is 0 Å². The molecule has 5 heteroatoms. The average molecular weight is 860 g/mol. The molecule has 0 saturated carbocycles. The Kier molecular flexibility index (Phi) is 17.9. The first kappa shape index (κ1) is 42.2. The van der Waals surface area contributed by atoms with Gasteiger partial charge in [-0.25, -0.2) is 0 Å². The van der Waals surface area contributed by atoms with Crippen molar-refractivity contribution in [2.45, 2.75) is 0 Å². The van der Waals surface area contributed by atoms with Gasteiger partial charge in [0.25, 0.3) is 0 Å². The molecule has 0 aliphatic heterocycles. The number of hydrogen-bond acceptors (Lipinski definition) is 2. The van der Waals surface area contributed by atoms with E-state index in [9.17, 15) is 4.79 Å². The second-order valence-electron chi connectivity index (χ2n) is 13.1. The van der Waals surface area contributed by atoms with Gasteiger partial charge in [0, 0.05) is 26.1 Å². The zero-order valence-corrected chi connectivity index (χ0v) is 35.1. The number of para-hydroxylation sites is 1. The molecule has 7 aromatic rings. The van der Waals surface area contributed by atoms with E-state index in [1.807, 2.05) is 72.8 Å². The minimum absolute atomic E-state index is 0. The third kappa shape index (κ3) is 13.6. The van der Waals surface area contributed by atoms with Crippen LogP contribution < -0.4 is 26.1 Å². The predicted molar refractivity (Wildman–Crippen MR) is 245 cm³/mol. The summed E-state index contributed by atoms with van der Waals surface area (Å²) >= 11 is 0. The quantitative estimate of drug-likeness (QED) is 0.0582. The molecular formula is C51H49NOP2Pd+2. The van der Waals surface area contributed by atoms with Crippen molar-refractivity contribution in [1.82, 2.24) is 0 Å². The molecule has 0 aliphatic carbocycles. The Bertz CT molecular complexity index is 1950. The first-order valence-corrected chi connectivity index (χ1v) is 22.4. The molecule has 0 fully saturated rings. The largest absolute Gasteiger partial charge is 0.364 e. The standard InChI is InChI=1S/C34H33NP2.C17H14O.Pd/c1-6-16-30(17-7-1)35(26-28-36(31-18-8-2-9-19-31)32-20-10-3-11-21-32)27-29-37(33-22-12-4-13-23-33)34-24-14-5-15-25-34;18-17(13-11-15-7-3-1-4-8-15)14-12-16-9-5-2-6-10-16;/h1-25H,26-29H2;1-14H;/p+2/b;13-11+,14-12+;. The van der Waals surface area contributed by atoms with E-state index in [4.69, 9.17) is 0 Å². The molecule has 56 heavy (non-hydrogen) atoms. The van der Waals surface area contributed by atoms with E-state index in [0.717, 1.165) is 24.2 Å². The van der Waals surface area contributed by atoms with Gasteiger partial charge in [-0.05, 0) is 83.9 Å². The van der Waals surface area contributed by atoms with Crippen LogP contribution in [0.25, 0.3) is 12.2 Å². The van der Waals surface area contributed by atoms with Crippen LogP contribution in [0, 0.1) is 0 Å². The van der Waals surface area contributed by atoms with Crippen molar-refractivity contribution >= 4 is 60.7 Å². The predicted octanol–water partition coefficient (Wildman–Crippen LogP) is 10.2. The second kappa shape index (κ2) is 23.8. The average Bonchev–Trinajstić information content (AvgIpc) is 3.27. The molecule has 0 amide bonds. The summed E-state index contributed by atoms with van der Waals surface area (Å²) in [4.78, 5) is 14.2. The summed E-state index contributed by atoms with van der Waals surface area (Å²) < 4.78 is 0. The molecule has 0 bridgehead atoms. The Balaban J connectivity index is 0.000000266. The van der Waals surface area contributed by atoms with Gasteiger partial charge < -0.3 is 4.90 Å². The number of carbonyl (C=O) groups excluding carboxylic acids is 1. The van der Waals surface area contributed by atoms with Crippen LogP contribution in [0.1, 0.15) is 11.1 Å². The van der Waals surface area contributed by atoms with Crippen molar-refractivity contribution in [2.75, 3.05) is 30.3 Å². The number of nitrogens with zero attached hydrogens (tertiary/aromatic N) is 1. The molecule has 0 N–H and O–H groups in total. The van der Waals surface area contributed by atoms with E-state index in [1.165, 1.54) is 39.2 Å². The SMILES string of the molecule is O=C(/C=C/c1ccccc1)/C=C/c1ccccc1.[Pd].c1ccc(N(CC[PH+](c2ccccc2)c2ccccc2)CC[PH+](c2ccccc2)c2ccccc2)cc1. The monoisotopic (exact) mass is 859 g/mol. The van der Waals surface area contributed by atoms with Gasteiger partial charge in [-0.2, -0.15) is 0 Å². The zero-order valence-electron chi connectivity index (χ0n) is 31.5. The molecule has 2 nitrogen and oxygen atoms in total. The topological polar surface area (TPSA) is 20.3 Å². The summed E-state index contributed by atoms with van der Waals surface area (Å²) in [6.07, 6.45) is 9.14. The van der Waals surface area contributed by atoms with Crippen molar-refractivity contribution in [2.24, 2.45) is 0 Å². The number of ketones is 1. The fraction of sp³-hybridized carbons (Fsp3) is 0.0784. The van der Waals surface area contributed by atoms with Gasteiger partial charge in [0.15, 0.2) is 5.78 Å². The summed E-state index contributed by atoms with van der Waals surface area (Å²) in [7, 11) is -1.75. The Morgan fingerprint density at radius 1 is 0.393 bits per heavy atom. The first-order chi connectivity index (χ1) is 27.2. The van der Waals surface area contributed by atoms with Crippen molar-refractivity contribution in [3.8, 4) is 0 Å². The smallest absolute Gasteiger partial charge is 0.178 e. The van der Waals surface area contributed by atoms with Crippen LogP contribution in [0.4, 0.5) is 5.69 Å². The van der Waals surface area contributed by atoms with Crippen LogP contribution in [-0.4, -0.2) is 31.2 Å². The summed E-state index contributed by atoms with van der Waals surface area (Å²) in [5, 5.41) is 5.96. The van der Waals surface area contributed by atoms with E-state index in [1.54, 1.807) is 12.2 Å². The van der Waals surface area contributed by atoms with Gasteiger partial charge in [-0.1, -0.05) is 164 Å². The number of carbonyl (C=O) groups is 1. The Morgan fingerprint density at radius 3 is 0.964 bits per heavy atom. The van der Waals surface area contributed by atoms with Gasteiger partial charge in [-0.3, -0.25) is 4.79 Å². The van der Waals surface area contributed by atoms with Crippen molar-refractivity contribution in [3.63, 3.8) is 0 Å². The van der Waals surface area contributed by atoms with E-state index in [2.05, 4.69) is 157 Å². The number of rotatable bonds is 15. The fourth-order valence-electron chi connectivity index (χ4n) is 6.51. The Labute approximate surface area is 349 Å². The first-order valence-electron chi connectivity index (χ1n) is 19.0. The molecule has 7 aromatic carbocycles. The van der Waals surface area contributed by atoms with E-state index >= 15 is 0 Å². The number of anilines is 1. The van der Waals surface area contributed by atoms with Crippen molar-refractivity contribution in [3.05, 3.63) is 236 Å². The maximum absolute atomic E-state index is 11.6. The zero-order chi connectivity index (χ0) is 37.8. The van der Waals surface area contributed by atoms with E-state index < -0.39 is 15.8 Å². The molecule has 282 valence electrons. The van der Waals surface area contributed by atoms with Gasteiger partial charge >= 0.3 is 0 Å². The molecule has 0 aliphatic rings. The van der Waals surface area contributed by atoms with Crippen molar-refractivity contribution in [1.29, 1.82) is 0 Å². The number of benzene rings is 7. The fourth-order valence-corrected chi connectivity index (χ4v) is 11.7. The summed E-state index contributed by atoms with van der Waals surface area (Å²) in [6, 6.07) is 75.1. The molecular weight excluding hydrogens is 811 g/mol. The number of allylic oxidation sites excluding steroid dienone is 2. The summed E-state index contributed by atoms with van der Waals surface area (Å²) in [6.45, 7) is 2.11.